The lowest BCUT2D eigenvalue weighted by Crippen LogP contribution is -2.36. The molecule has 0 aromatic rings. The SMILES string of the molecule is CC1CC(=O)N(OC(=O)CCSSCCNC(=O)CCCCC2SCC3NC(=O)NC32)C1=O. The number of hydrogen-bond acceptors (Lipinski definition) is 9. The number of thioether (sulfide) groups is 1. The van der Waals surface area contributed by atoms with Crippen LogP contribution in [-0.2, 0) is 24.0 Å². The third kappa shape index (κ3) is 7.71. The average molecular weight is 519 g/mol. The Labute approximate surface area is 205 Å². The smallest absolute Gasteiger partial charge is 0.334 e. The van der Waals surface area contributed by atoms with E-state index in [2.05, 4.69) is 16.0 Å². The highest BCUT2D eigenvalue weighted by Gasteiger charge is 2.42. The minimum absolute atomic E-state index is 0.0335. The molecule has 3 aliphatic rings. The first-order valence-corrected chi connectivity index (χ1v) is 14.7. The number of carbonyl (C=O) groups is 5. The normalized spacial score (nSPS) is 26.2. The standard InChI is InChI=1S/C20H30N4O6S3/c1-12-10-16(26)24(19(12)28)30-17(27)6-8-32-33-9-7-21-15(25)5-3-2-4-14-18-13(11-31-14)22-20(29)23-18/h12-14,18H,2-11H2,1H3,(H,21,25)(H2,22,23,29). The first-order chi connectivity index (χ1) is 15.8. The summed E-state index contributed by atoms with van der Waals surface area (Å²) >= 11 is 1.88. The van der Waals surface area contributed by atoms with Gasteiger partial charge in [0.15, 0.2) is 0 Å². The Hall–Kier alpha value is -1.60. The van der Waals surface area contributed by atoms with E-state index in [-0.39, 0.29) is 36.9 Å². The summed E-state index contributed by atoms with van der Waals surface area (Å²) < 4.78 is 0. The van der Waals surface area contributed by atoms with Crippen LogP contribution in [0.5, 0.6) is 0 Å². The van der Waals surface area contributed by atoms with Crippen molar-refractivity contribution in [2.75, 3.05) is 23.8 Å². The number of hydrogen-bond donors (Lipinski definition) is 3. The molecule has 0 spiro atoms. The third-order valence-corrected chi connectivity index (χ3v) is 9.50. The number of unbranched alkanes of at least 4 members (excludes halogenated alkanes) is 1. The Morgan fingerprint density at radius 2 is 1.94 bits per heavy atom. The predicted molar refractivity (Wildman–Crippen MR) is 128 cm³/mol. The van der Waals surface area contributed by atoms with Crippen molar-refractivity contribution < 1.29 is 28.8 Å². The zero-order chi connectivity index (χ0) is 23.8. The molecule has 3 aliphatic heterocycles. The molecule has 3 N–H and O–H groups in total. The van der Waals surface area contributed by atoms with Crippen LogP contribution < -0.4 is 16.0 Å². The summed E-state index contributed by atoms with van der Waals surface area (Å²) in [6.45, 7) is 2.17. The van der Waals surface area contributed by atoms with E-state index in [4.69, 9.17) is 4.84 Å². The molecular formula is C20H30N4O6S3. The first-order valence-electron chi connectivity index (χ1n) is 11.1. The van der Waals surface area contributed by atoms with Crippen LogP contribution in [0.25, 0.3) is 0 Å². The van der Waals surface area contributed by atoms with Crippen molar-refractivity contribution in [3.63, 3.8) is 0 Å². The van der Waals surface area contributed by atoms with Crippen LogP contribution in [0.2, 0.25) is 0 Å². The van der Waals surface area contributed by atoms with Crippen molar-refractivity contribution in [3.05, 3.63) is 0 Å². The molecule has 0 radical (unpaired) electrons. The van der Waals surface area contributed by atoms with Crippen LogP contribution in [-0.4, -0.2) is 75.9 Å². The number of nitrogens with one attached hydrogen (secondary N) is 3. The number of carbonyl (C=O) groups excluding carboxylic acids is 5. The summed E-state index contributed by atoms with van der Waals surface area (Å²) in [5, 5.41) is 9.81. The minimum atomic E-state index is -0.606. The molecule has 0 bridgehead atoms. The molecule has 0 aromatic carbocycles. The molecule has 33 heavy (non-hydrogen) atoms. The Balaban J connectivity index is 1.13. The Kier molecular flexibility index (Phi) is 10.0. The van der Waals surface area contributed by atoms with Crippen molar-refractivity contribution in [1.29, 1.82) is 0 Å². The van der Waals surface area contributed by atoms with Crippen molar-refractivity contribution in [2.24, 2.45) is 5.92 Å². The number of hydroxylamine groups is 2. The van der Waals surface area contributed by atoms with E-state index in [1.165, 1.54) is 21.6 Å². The second-order valence-electron chi connectivity index (χ2n) is 8.21. The molecule has 0 aromatic heterocycles. The Morgan fingerprint density at radius 3 is 2.70 bits per heavy atom. The van der Waals surface area contributed by atoms with Crippen LogP contribution >= 0.6 is 33.3 Å². The molecular weight excluding hydrogens is 488 g/mol. The molecule has 3 rings (SSSR count). The highest BCUT2D eigenvalue weighted by Crippen LogP contribution is 2.33. The van der Waals surface area contributed by atoms with Crippen LogP contribution in [0.15, 0.2) is 0 Å². The largest absolute Gasteiger partial charge is 0.355 e. The van der Waals surface area contributed by atoms with E-state index in [9.17, 15) is 24.0 Å². The molecule has 4 atom stereocenters. The van der Waals surface area contributed by atoms with Gasteiger partial charge in [-0.15, -0.1) is 5.06 Å². The Morgan fingerprint density at radius 1 is 1.15 bits per heavy atom. The highest BCUT2D eigenvalue weighted by atomic mass is 33.1. The lowest BCUT2D eigenvalue weighted by atomic mass is 10.0. The summed E-state index contributed by atoms with van der Waals surface area (Å²) in [7, 11) is 3.01. The maximum absolute atomic E-state index is 12.0. The molecule has 5 amide bonds. The fraction of sp³-hybridized carbons (Fsp3) is 0.750. The van der Waals surface area contributed by atoms with E-state index in [1.54, 1.807) is 6.92 Å². The maximum atomic E-state index is 12.0. The maximum Gasteiger partial charge on any atom is 0.334 e. The van der Waals surface area contributed by atoms with E-state index < -0.39 is 23.7 Å². The number of urea groups is 1. The van der Waals surface area contributed by atoms with E-state index in [1.807, 2.05) is 11.8 Å². The molecule has 4 unspecified atom stereocenters. The number of imide groups is 1. The highest BCUT2D eigenvalue weighted by molar-refractivity contribution is 8.76. The average Bonchev–Trinajstić information content (AvgIpc) is 3.39. The summed E-state index contributed by atoms with van der Waals surface area (Å²) in [5.41, 5.74) is 0. The summed E-state index contributed by atoms with van der Waals surface area (Å²) in [5.74, 6) is 0.166. The van der Waals surface area contributed by atoms with Crippen molar-refractivity contribution in [1.82, 2.24) is 21.0 Å². The lowest BCUT2D eigenvalue weighted by molar-refractivity contribution is -0.197. The molecule has 10 nitrogen and oxygen atoms in total. The first kappa shape index (κ1) is 26.0. The van der Waals surface area contributed by atoms with E-state index >= 15 is 0 Å². The number of rotatable bonds is 13. The van der Waals surface area contributed by atoms with Gasteiger partial charge in [-0.25, -0.2) is 9.59 Å². The quantitative estimate of drug-likeness (QED) is 0.143. The second-order valence-corrected chi connectivity index (χ2v) is 12.2. The van der Waals surface area contributed by atoms with Gasteiger partial charge in [-0.05, 0) is 12.8 Å². The van der Waals surface area contributed by atoms with E-state index in [0.29, 0.717) is 34.8 Å². The zero-order valence-corrected chi connectivity index (χ0v) is 21.0. The fourth-order valence-electron chi connectivity index (χ4n) is 3.84. The molecule has 13 heteroatoms. The van der Waals surface area contributed by atoms with Gasteiger partial charge in [-0.1, -0.05) is 34.9 Å². The van der Waals surface area contributed by atoms with Gasteiger partial charge in [0.2, 0.25) is 5.91 Å². The van der Waals surface area contributed by atoms with Crippen LogP contribution in [0, 0.1) is 5.92 Å². The molecule has 0 saturated carbocycles. The summed E-state index contributed by atoms with van der Waals surface area (Å²) in [6, 6.07) is 0.371. The molecule has 184 valence electrons. The minimum Gasteiger partial charge on any atom is -0.355 e. The van der Waals surface area contributed by atoms with Gasteiger partial charge >= 0.3 is 12.0 Å². The molecule has 3 saturated heterocycles. The topological polar surface area (TPSA) is 134 Å². The molecule has 3 heterocycles. The second kappa shape index (κ2) is 12.7. The van der Waals surface area contributed by atoms with Gasteiger partial charge in [0.25, 0.3) is 11.8 Å². The molecule has 3 fully saturated rings. The number of nitrogens with zero attached hydrogens (tertiary/aromatic N) is 1. The van der Waals surface area contributed by atoms with Gasteiger partial charge in [-0.3, -0.25) is 14.4 Å². The van der Waals surface area contributed by atoms with Gasteiger partial charge in [0.05, 0.1) is 18.5 Å². The van der Waals surface area contributed by atoms with Crippen molar-refractivity contribution in [2.45, 2.75) is 62.8 Å². The number of fused-ring (bicyclic) bond motifs is 1. The van der Waals surface area contributed by atoms with Gasteiger partial charge < -0.3 is 20.8 Å². The lowest BCUT2D eigenvalue weighted by Gasteiger charge is -2.16. The third-order valence-electron chi connectivity index (χ3n) is 5.58. The van der Waals surface area contributed by atoms with E-state index in [0.717, 1.165) is 25.0 Å². The molecule has 0 aliphatic carbocycles. The fourth-order valence-corrected chi connectivity index (χ4v) is 7.26. The summed E-state index contributed by atoms with van der Waals surface area (Å²) in [6.07, 6.45) is 3.43. The van der Waals surface area contributed by atoms with Crippen molar-refractivity contribution in [3.8, 4) is 0 Å². The summed E-state index contributed by atoms with van der Waals surface area (Å²) in [4.78, 5) is 63.3. The van der Waals surface area contributed by atoms with Crippen LogP contribution in [0.4, 0.5) is 4.79 Å². The van der Waals surface area contributed by atoms with Gasteiger partial charge in [0, 0.05) is 47.8 Å². The van der Waals surface area contributed by atoms with Crippen molar-refractivity contribution >= 4 is 63.1 Å². The number of amides is 5. The zero-order valence-electron chi connectivity index (χ0n) is 18.5. The monoisotopic (exact) mass is 518 g/mol. The van der Waals surface area contributed by atoms with Gasteiger partial charge in [0.1, 0.15) is 0 Å². The Bertz CT molecular complexity index is 770. The predicted octanol–water partition coefficient (Wildman–Crippen LogP) is 1.45. The van der Waals surface area contributed by atoms with Crippen LogP contribution in [0.1, 0.15) is 45.4 Å². The van der Waals surface area contributed by atoms with Crippen LogP contribution in [0.3, 0.4) is 0 Å². The van der Waals surface area contributed by atoms with Gasteiger partial charge in [-0.2, -0.15) is 11.8 Å².